The molecular weight excluding hydrogens is 442 g/mol. The fraction of sp³-hybridized carbons (Fsp3) is 0.261. The van der Waals surface area contributed by atoms with E-state index < -0.39 is 10.0 Å². The lowest BCUT2D eigenvalue weighted by molar-refractivity contribution is -0.118. The van der Waals surface area contributed by atoms with E-state index in [4.69, 9.17) is 4.52 Å². The average molecular weight is 468 g/mol. The molecule has 4 rings (SSSR count). The highest BCUT2D eigenvalue weighted by molar-refractivity contribution is 7.89. The van der Waals surface area contributed by atoms with Crippen molar-refractivity contribution in [2.24, 2.45) is 0 Å². The van der Waals surface area contributed by atoms with Crippen molar-refractivity contribution in [2.45, 2.75) is 24.8 Å². The average Bonchev–Trinajstić information content (AvgIpc) is 3.41. The summed E-state index contributed by atoms with van der Waals surface area (Å²) in [5.41, 5.74) is 3.12. The van der Waals surface area contributed by atoms with E-state index in [0.29, 0.717) is 13.1 Å². The molecule has 0 saturated carbocycles. The van der Waals surface area contributed by atoms with Crippen molar-refractivity contribution in [2.75, 3.05) is 25.0 Å². The molecular formula is C23H25N5O4S. The van der Waals surface area contributed by atoms with Gasteiger partial charge in [-0.05, 0) is 36.6 Å². The molecule has 2 aromatic heterocycles. The van der Waals surface area contributed by atoms with Crippen LogP contribution in [0.1, 0.15) is 22.6 Å². The summed E-state index contributed by atoms with van der Waals surface area (Å²) in [5, 5.41) is 6.89. The topological polar surface area (TPSA) is 109 Å². The number of hydrogen-bond donors (Lipinski definition) is 1. The maximum absolute atomic E-state index is 13.3. The minimum atomic E-state index is -4.01. The van der Waals surface area contributed by atoms with Crippen LogP contribution in [0.15, 0.2) is 64.4 Å². The van der Waals surface area contributed by atoms with Crippen molar-refractivity contribution in [3.05, 3.63) is 77.6 Å². The molecule has 0 atom stereocenters. The summed E-state index contributed by atoms with van der Waals surface area (Å²) >= 11 is 0. The smallest absolute Gasteiger partial charge is 0.249 e. The zero-order chi connectivity index (χ0) is 23.4. The molecule has 1 amide bonds. The first kappa shape index (κ1) is 22.7. The fourth-order valence-electron chi connectivity index (χ4n) is 3.73. The molecule has 0 spiro atoms. The maximum Gasteiger partial charge on any atom is 0.249 e. The summed E-state index contributed by atoms with van der Waals surface area (Å²) in [6.07, 6.45) is 7.29. The summed E-state index contributed by atoms with van der Waals surface area (Å²) in [6, 6.07) is 11.4. The summed E-state index contributed by atoms with van der Waals surface area (Å²) in [7, 11) is -2.62. The van der Waals surface area contributed by atoms with E-state index in [-0.39, 0.29) is 28.8 Å². The van der Waals surface area contributed by atoms with E-state index in [1.54, 1.807) is 30.4 Å². The number of pyridine rings is 1. The SMILES string of the molecule is Cc1noc(/C=C/NCc2cccnc2)c1S(=O)(=O)N(C)CC(=O)N1CCc2ccccc21. The van der Waals surface area contributed by atoms with E-state index >= 15 is 0 Å². The number of carbonyl (C=O) groups excluding carboxylic acids is 1. The zero-order valence-electron chi connectivity index (χ0n) is 18.4. The molecule has 1 aromatic carbocycles. The highest BCUT2D eigenvalue weighted by Crippen LogP contribution is 2.28. The van der Waals surface area contributed by atoms with Gasteiger partial charge in [0, 0.05) is 50.5 Å². The molecule has 172 valence electrons. The Kier molecular flexibility index (Phi) is 6.57. The van der Waals surface area contributed by atoms with E-state index in [0.717, 1.165) is 27.5 Å². The summed E-state index contributed by atoms with van der Waals surface area (Å²) < 4.78 is 32.8. The number of aromatic nitrogens is 2. The van der Waals surface area contributed by atoms with Gasteiger partial charge in [-0.15, -0.1) is 0 Å². The van der Waals surface area contributed by atoms with Gasteiger partial charge in [-0.2, -0.15) is 4.31 Å². The summed E-state index contributed by atoms with van der Waals surface area (Å²) in [5.74, 6) is -0.188. The van der Waals surface area contributed by atoms with Crippen LogP contribution in [0, 0.1) is 6.92 Å². The number of para-hydroxylation sites is 1. The van der Waals surface area contributed by atoms with Crippen LogP contribution < -0.4 is 10.2 Å². The Morgan fingerprint density at radius 2 is 2.09 bits per heavy atom. The van der Waals surface area contributed by atoms with Crippen molar-refractivity contribution in [3.63, 3.8) is 0 Å². The van der Waals surface area contributed by atoms with Crippen LogP contribution in [0.3, 0.4) is 0 Å². The molecule has 9 nitrogen and oxygen atoms in total. The van der Waals surface area contributed by atoms with Gasteiger partial charge in [-0.25, -0.2) is 8.42 Å². The fourth-order valence-corrected chi connectivity index (χ4v) is 5.09. The van der Waals surface area contributed by atoms with Crippen molar-refractivity contribution in [1.29, 1.82) is 0 Å². The lowest BCUT2D eigenvalue weighted by atomic mass is 10.2. The lowest BCUT2D eigenvalue weighted by Crippen LogP contribution is -2.40. The number of anilines is 1. The minimum absolute atomic E-state index is 0.0564. The van der Waals surface area contributed by atoms with Gasteiger partial charge in [0.2, 0.25) is 15.9 Å². The zero-order valence-corrected chi connectivity index (χ0v) is 19.2. The van der Waals surface area contributed by atoms with E-state index in [9.17, 15) is 13.2 Å². The van der Waals surface area contributed by atoms with Gasteiger partial charge in [0.15, 0.2) is 10.7 Å². The highest BCUT2D eigenvalue weighted by atomic mass is 32.2. The first-order chi connectivity index (χ1) is 15.9. The van der Waals surface area contributed by atoms with Gasteiger partial charge < -0.3 is 14.7 Å². The summed E-state index contributed by atoms with van der Waals surface area (Å²) in [4.78, 5) is 18.5. The number of benzene rings is 1. The van der Waals surface area contributed by atoms with Crippen LogP contribution in [0.5, 0.6) is 0 Å². The molecule has 0 bridgehead atoms. The normalized spacial score (nSPS) is 13.6. The molecule has 0 fully saturated rings. The van der Waals surface area contributed by atoms with Gasteiger partial charge in [-0.3, -0.25) is 9.78 Å². The molecule has 0 radical (unpaired) electrons. The van der Waals surface area contributed by atoms with Crippen LogP contribution in [0.25, 0.3) is 6.08 Å². The third-order valence-corrected chi connectivity index (χ3v) is 7.39. The van der Waals surface area contributed by atoms with Gasteiger partial charge in [-0.1, -0.05) is 29.4 Å². The predicted octanol–water partition coefficient (Wildman–Crippen LogP) is 2.35. The third kappa shape index (κ3) is 4.81. The van der Waals surface area contributed by atoms with Crippen LogP contribution >= 0.6 is 0 Å². The number of aryl methyl sites for hydroxylation is 1. The first-order valence-corrected chi connectivity index (χ1v) is 11.9. The Hall–Kier alpha value is -3.50. The number of rotatable bonds is 8. The standard InChI is InChI=1S/C23H25N5O4S/c1-17-23(21(32-26-17)9-12-25-15-18-6-5-11-24-14-18)33(30,31)27(2)16-22(29)28-13-10-19-7-3-4-8-20(19)28/h3-9,11-12,14,25H,10,13,15-16H2,1-2H3/b12-9+. The Bertz CT molecular complexity index is 1270. The van der Waals surface area contributed by atoms with E-state index in [1.165, 1.54) is 13.1 Å². The first-order valence-electron chi connectivity index (χ1n) is 10.5. The van der Waals surface area contributed by atoms with Gasteiger partial charge in [0.25, 0.3) is 0 Å². The number of carbonyl (C=O) groups is 1. The molecule has 0 saturated heterocycles. The number of sulfonamides is 1. The van der Waals surface area contributed by atoms with Gasteiger partial charge in [0.05, 0.1) is 6.54 Å². The minimum Gasteiger partial charge on any atom is -0.387 e. The van der Waals surface area contributed by atoms with Crippen molar-refractivity contribution >= 4 is 27.7 Å². The van der Waals surface area contributed by atoms with Crippen molar-refractivity contribution in [1.82, 2.24) is 19.8 Å². The van der Waals surface area contributed by atoms with Crippen molar-refractivity contribution < 1.29 is 17.7 Å². The van der Waals surface area contributed by atoms with Crippen LogP contribution in [0.4, 0.5) is 5.69 Å². The second-order valence-corrected chi connectivity index (χ2v) is 9.70. The molecule has 1 N–H and O–H groups in total. The monoisotopic (exact) mass is 467 g/mol. The summed E-state index contributed by atoms with van der Waals surface area (Å²) in [6.45, 7) is 2.33. The highest BCUT2D eigenvalue weighted by Gasteiger charge is 2.33. The maximum atomic E-state index is 13.3. The molecule has 0 unspecified atom stereocenters. The number of fused-ring (bicyclic) bond motifs is 1. The number of nitrogens with one attached hydrogen (secondary N) is 1. The molecule has 3 heterocycles. The second-order valence-electron chi connectivity index (χ2n) is 7.72. The number of hydrogen-bond acceptors (Lipinski definition) is 7. The Morgan fingerprint density at radius 3 is 2.88 bits per heavy atom. The van der Waals surface area contributed by atoms with Crippen LogP contribution in [-0.2, 0) is 27.8 Å². The van der Waals surface area contributed by atoms with Gasteiger partial charge >= 0.3 is 0 Å². The van der Waals surface area contributed by atoms with E-state index in [2.05, 4.69) is 15.5 Å². The molecule has 3 aromatic rings. The Balaban J connectivity index is 1.46. The largest absolute Gasteiger partial charge is 0.387 e. The van der Waals surface area contributed by atoms with Crippen molar-refractivity contribution in [3.8, 4) is 0 Å². The Morgan fingerprint density at radius 1 is 1.27 bits per heavy atom. The number of nitrogens with zero attached hydrogens (tertiary/aromatic N) is 4. The molecule has 10 heteroatoms. The van der Waals surface area contributed by atoms with Crippen LogP contribution in [-0.4, -0.2) is 48.9 Å². The number of likely N-dealkylation sites (N-methyl/N-ethyl adjacent to an activating group) is 1. The molecule has 1 aliphatic rings. The predicted molar refractivity (Wildman–Crippen MR) is 124 cm³/mol. The second kappa shape index (κ2) is 9.55. The Labute approximate surface area is 192 Å². The molecule has 1 aliphatic heterocycles. The molecule has 0 aliphatic carbocycles. The number of amides is 1. The third-order valence-electron chi connectivity index (χ3n) is 5.43. The molecule has 33 heavy (non-hydrogen) atoms. The van der Waals surface area contributed by atoms with Gasteiger partial charge in [0.1, 0.15) is 5.69 Å². The van der Waals surface area contributed by atoms with Crippen LogP contribution in [0.2, 0.25) is 0 Å². The lowest BCUT2D eigenvalue weighted by Gasteiger charge is -2.22. The quantitative estimate of drug-likeness (QED) is 0.542. The van der Waals surface area contributed by atoms with E-state index in [1.807, 2.05) is 36.4 Å².